The highest BCUT2D eigenvalue weighted by molar-refractivity contribution is 6.10. The first-order valence-electron chi connectivity index (χ1n) is 4.95. The van der Waals surface area contributed by atoms with Crippen LogP contribution in [0.2, 0.25) is 0 Å². The Bertz CT molecular complexity index is 310. The van der Waals surface area contributed by atoms with Crippen molar-refractivity contribution >= 4 is 17.5 Å². The van der Waals surface area contributed by atoms with Crippen molar-refractivity contribution in [3.63, 3.8) is 0 Å². The fourth-order valence-corrected chi connectivity index (χ4v) is 1.54. The van der Waals surface area contributed by atoms with Crippen LogP contribution in [0.5, 0.6) is 0 Å². The number of imide groups is 1. The maximum absolute atomic E-state index is 11.5. The Labute approximate surface area is 88.6 Å². The number of piperidine rings is 1. The summed E-state index contributed by atoms with van der Waals surface area (Å²) >= 11 is 0. The number of amides is 2. The van der Waals surface area contributed by atoms with E-state index in [9.17, 15) is 9.59 Å². The quantitative estimate of drug-likeness (QED) is 0.403. The van der Waals surface area contributed by atoms with E-state index in [4.69, 9.17) is 0 Å². The van der Waals surface area contributed by atoms with Crippen molar-refractivity contribution in [1.29, 1.82) is 0 Å². The Hall–Kier alpha value is -1.65. The average molecular weight is 209 g/mol. The predicted octanol–water partition coefficient (Wildman–Crippen LogP) is 0.538. The third-order valence-electron chi connectivity index (χ3n) is 2.30. The van der Waals surface area contributed by atoms with Crippen molar-refractivity contribution in [3.05, 3.63) is 12.8 Å². The van der Waals surface area contributed by atoms with E-state index in [0.717, 1.165) is 5.71 Å². The van der Waals surface area contributed by atoms with Crippen LogP contribution in [0.25, 0.3) is 0 Å². The number of carbonyl (C=O) groups excluding carboxylic acids is 2. The van der Waals surface area contributed by atoms with Crippen molar-refractivity contribution in [3.8, 4) is 0 Å². The fourth-order valence-electron chi connectivity index (χ4n) is 1.54. The van der Waals surface area contributed by atoms with Crippen molar-refractivity contribution in [2.24, 2.45) is 11.0 Å². The van der Waals surface area contributed by atoms with E-state index in [1.807, 2.05) is 6.92 Å². The average Bonchev–Trinajstić information content (AvgIpc) is 2.21. The molecule has 1 fully saturated rings. The maximum Gasteiger partial charge on any atom is 0.235 e. The second-order valence-corrected chi connectivity index (χ2v) is 3.29. The Kier molecular flexibility index (Phi) is 4.03. The molecule has 15 heavy (non-hydrogen) atoms. The van der Waals surface area contributed by atoms with Crippen molar-refractivity contribution < 1.29 is 9.59 Å². The number of nitrogens with zero attached hydrogens (tertiary/aromatic N) is 1. The van der Waals surface area contributed by atoms with E-state index in [2.05, 4.69) is 22.4 Å². The lowest BCUT2D eigenvalue weighted by Gasteiger charge is -2.21. The van der Waals surface area contributed by atoms with Crippen LogP contribution >= 0.6 is 0 Å². The minimum absolute atomic E-state index is 0.205. The molecule has 0 radical (unpaired) electrons. The molecule has 2 N–H and O–H groups in total. The molecule has 0 aromatic rings. The molecule has 0 aliphatic carbocycles. The first-order chi connectivity index (χ1) is 7.19. The Morgan fingerprint density at radius 3 is 3.00 bits per heavy atom. The van der Waals surface area contributed by atoms with E-state index >= 15 is 0 Å². The molecule has 0 aromatic heterocycles. The van der Waals surface area contributed by atoms with Gasteiger partial charge in [0, 0.05) is 12.6 Å². The lowest BCUT2D eigenvalue weighted by molar-refractivity contribution is -0.134. The van der Waals surface area contributed by atoms with E-state index < -0.39 is 0 Å². The summed E-state index contributed by atoms with van der Waals surface area (Å²) in [6.45, 7) is 5.39. The maximum atomic E-state index is 11.5. The van der Waals surface area contributed by atoms with Crippen molar-refractivity contribution in [2.75, 3.05) is 0 Å². The van der Waals surface area contributed by atoms with Gasteiger partial charge in [0.25, 0.3) is 0 Å². The highest BCUT2D eigenvalue weighted by Gasteiger charge is 2.29. The van der Waals surface area contributed by atoms with Gasteiger partial charge >= 0.3 is 0 Å². The summed E-state index contributed by atoms with van der Waals surface area (Å²) in [4.78, 5) is 22.4. The summed E-state index contributed by atoms with van der Waals surface area (Å²) in [5.74, 6) is -0.749. The van der Waals surface area contributed by atoms with E-state index in [1.54, 1.807) is 0 Å². The van der Waals surface area contributed by atoms with E-state index in [-0.39, 0.29) is 17.7 Å². The standard InChI is InChI=1S/C10H15N3O2/c1-3-8(13-11-4-2)7-5-6-9(14)12-10(7)15/h4,7,11H,2-3,5-6H2,1H3,(H,12,14,15)/b13-8+. The summed E-state index contributed by atoms with van der Waals surface area (Å²) in [5.41, 5.74) is 3.37. The molecule has 1 saturated heterocycles. The predicted molar refractivity (Wildman–Crippen MR) is 56.9 cm³/mol. The molecule has 5 nitrogen and oxygen atoms in total. The van der Waals surface area contributed by atoms with Gasteiger partial charge < -0.3 is 0 Å². The molecule has 0 bridgehead atoms. The molecule has 0 saturated carbocycles. The molecule has 0 aromatic carbocycles. The van der Waals surface area contributed by atoms with Crippen LogP contribution in [0.15, 0.2) is 17.9 Å². The Morgan fingerprint density at radius 2 is 2.47 bits per heavy atom. The van der Waals surface area contributed by atoms with E-state index in [1.165, 1.54) is 6.20 Å². The second kappa shape index (κ2) is 5.29. The molecule has 5 heteroatoms. The Balaban J connectivity index is 2.72. The molecular weight excluding hydrogens is 194 g/mol. The smallest absolute Gasteiger partial charge is 0.235 e. The summed E-state index contributed by atoms with van der Waals surface area (Å²) in [5, 5.41) is 6.34. The number of nitrogens with one attached hydrogen (secondary N) is 2. The molecule has 2 amide bonds. The molecule has 82 valence electrons. The number of hydrogen-bond acceptors (Lipinski definition) is 4. The number of carbonyl (C=O) groups is 2. The monoisotopic (exact) mass is 209 g/mol. The lowest BCUT2D eigenvalue weighted by atomic mass is 9.92. The minimum atomic E-state index is -0.292. The fraction of sp³-hybridized carbons (Fsp3) is 0.500. The molecule has 1 aliphatic rings. The van der Waals surface area contributed by atoms with Gasteiger partial charge in [-0.15, -0.1) is 0 Å². The summed E-state index contributed by atoms with van der Waals surface area (Å²) < 4.78 is 0. The first-order valence-corrected chi connectivity index (χ1v) is 4.95. The van der Waals surface area contributed by atoms with Crippen LogP contribution in [0, 0.1) is 5.92 Å². The highest BCUT2D eigenvalue weighted by Crippen LogP contribution is 2.15. The van der Waals surface area contributed by atoms with Crippen LogP contribution in [-0.2, 0) is 9.59 Å². The SMILES string of the molecule is C=CN/N=C(\CC)C1CCC(=O)NC1=O. The normalized spacial score (nSPS) is 22.2. The summed E-state index contributed by atoms with van der Waals surface area (Å²) in [6, 6.07) is 0. The zero-order valence-electron chi connectivity index (χ0n) is 8.75. The molecule has 0 spiro atoms. The van der Waals surface area contributed by atoms with Gasteiger partial charge in [-0.1, -0.05) is 13.5 Å². The molecule has 1 rings (SSSR count). The van der Waals surface area contributed by atoms with Crippen LogP contribution in [-0.4, -0.2) is 17.5 Å². The van der Waals surface area contributed by atoms with Gasteiger partial charge in [0.2, 0.25) is 11.8 Å². The number of rotatable bonds is 4. The summed E-state index contributed by atoms with van der Waals surface area (Å²) in [6.07, 6.45) is 3.04. The van der Waals surface area contributed by atoms with Crippen LogP contribution < -0.4 is 10.7 Å². The van der Waals surface area contributed by atoms with Crippen molar-refractivity contribution in [2.45, 2.75) is 26.2 Å². The Morgan fingerprint density at radius 1 is 1.73 bits per heavy atom. The third-order valence-corrected chi connectivity index (χ3v) is 2.30. The molecule has 1 aliphatic heterocycles. The van der Waals surface area contributed by atoms with Crippen molar-refractivity contribution in [1.82, 2.24) is 10.7 Å². The van der Waals surface area contributed by atoms with Gasteiger partial charge in [-0.25, -0.2) is 0 Å². The highest BCUT2D eigenvalue weighted by atomic mass is 16.2. The lowest BCUT2D eigenvalue weighted by Crippen LogP contribution is -2.44. The second-order valence-electron chi connectivity index (χ2n) is 3.29. The molecule has 1 heterocycles. The van der Waals surface area contributed by atoms with Gasteiger partial charge in [-0.3, -0.25) is 20.3 Å². The zero-order valence-corrected chi connectivity index (χ0v) is 8.75. The molecule has 1 unspecified atom stereocenters. The molecule has 1 atom stereocenters. The largest absolute Gasteiger partial charge is 0.296 e. The summed E-state index contributed by atoms with van der Waals surface area (Å²) in [7, 11) is 0. The minimum Gasteiger partial charge on any atom is -0.296 e. The van der Waals surface area contributed by atoms with Crippen LogP contribution in [0.4, 0.5) is 0 Å². The number of hydrogen-bond donors (Lipinski definition) is 2. The van der Waals surface area contributed by atoms with E-state index in [0.29, 0.717) is 19.3 Å². The van der Waals surface area contributed by atoms with Crippen LogP contribution in [0.1, 0.15) is 26.2 Å². The van der Waals surface area contributed by atoms with Gasteiger partial charge in [0.1, 0.15) is 0 Å². The van der Waals surface area contributed by atoms with Crippen LogP contribution in [0.3, 0.4) is 0 Å². The topological polar surface area (TPSA) is 70.6 Å². The zero-order chi connectivity index (χ0) is 11.3. The van der Waals surface area contributed by atoms with Gasteiger partial charge in [-0.05, 0) is 12.8 Å². The third kappa shape index (κ3) is 2.90. The van der Waals surface area contributed by atoms with Gasteiger partial charge in [0.15, 0.2) is 0 Å². The number of hydrazone groups is 1. The first kappa shape index (κ1) is 11.4. The molecular formula is C10H15N3O2. The van der Waals surface area contributed by atoms with Gasteiger partial charge in [-0.2, -0.15) is 5.10 Å². The van der Waals surface area contributed by atoms with Gasteiger partial charge in [0.05, 0.1) is 11.6 Å².